The summed E-state index contributed by atoms with van der Waals surface area (Å²) in [5, 5.41) is 0. The fourth-order valence-electron chi connectivity index (χ4n) is 1.84. The zero-order valence-electron chi connectivity index (χ0n) is 11.6. The Morgan fingerprint density at radius 2 is 1.84 bits per heavy atom. The predicted octanol–water partition coefficient (Wildman–Crippen LogP) is 2.43. The van der Waals surface area contributed by atoms with Crippen molar-refractivity contribution < 1.29 is 9.47 Å². The van der Waals surface area contributed by atoms with Crippen LogP contribution in [0.2, 0.25) is 0 Å². The van der Waals surface area contributed by atoms with Gasteiger partial charge in [-0.25, -0.2) is 9.97 Å². The van der Waals surface area contributed by atoms with Crippen LogP contribution >= 0.6 is 0 Å². The van der Waals surface area contributed by atoms with Gasteiger partial charge in [0.25, 0.3) is 0 Å². The highest BCUT2D eigenvalue weighted by atomic mass is 16.5. The largest absolute Gasteiger partial charge is 0.481 e. The van der Waals surface area contributed by atoms with E-state index in [1.165, 1.54) is 0 Å². The van der Waals surface area contributed by atoms with E-state index < -0.39 is 0 Å². The van der Waals surface area contributed by atoms with Crippen molar-refractivity contribution in [3.8, 4) is 23.0 Å². The lowest BCUT2D eigenvalue weighted by atomic mass is 10.1. The molecule has 0 radical (unpaired) electrons. The van der Waals surface area contributed by atoms with E-state index in [9.17, 15) is 0 Å². The van der Waals surface area contributed by atoms with E-state index in [2.05, 4.69) is 21.9 Å². The monoisotopic (exact) mass is 259 g/mol. The van der Waals surface area contributed by atoms with Crippen LogP contribution < -0.4 is 9.47 Å². The summed E-state index contributed by atoms with van der Waals surface area (Å²) in [5.41, 5.74) is 2.65. The molecular weight excluding hydrogens is 242 g/mol. The van der Waals surface area contributed by atoms with Gasteiger partial charge in [-0.3, -0.25) is 0 Å². The summed E-state index contributed by atoms with van der Waals surface area (Å²) in [4.78, 5) is 13.1. The van der Waals surface area contributed by atoms with Gasteiger partial charge in [-0.15, -0.1) is 0 Å². The summed E-state index contributed by atoms with van der Waals surface area (Å²) < 4.78 is 10.4. The van der Waals surface area contributed by atoms with Gasteiger partial charge >= 0.3 is 0 Å². The normalized spacial score (nSPS) is 10.3. The van der Waals surface area contributed by atoms with Gasteiger partial charge in [0.2, 0.25) is 11.8 Å². The zero-order valence-corrected chi connectivity index (χ0v) is 11.6. The zero-order chi connectivity index (χ0) is 13.8. The number of methoxy groups -OCH3 is 2. The Hall–Kier alpha value is -2.17. The fraction of sp³-hybridized carbons (Fsp3) is 0.357. The first-order chi connectivity index (χ1) is 9.17. The second-order valence-electron chi connectivity index (χ2n) is 4.06. The van der Waals surface area contributed by atoms with Crippen molar-refractivity contribution in [3.05, 3.63) is 29.7 Å². The molecule has 2 heterocycles. The second-order valence-corrected chi connectivity index (χ2v) is 4.06. The maximum absolute atomic E-state index is 5.30. The van der Waals surface area contributed by atoms with E-state index in [4.69, 9.17) is 9.47 Å². The lowest BCUT2D eigenvalue weighted by Crippen LogP contribution is -1.99. The molecule has 19 heavy (non-hydrogen) atoms. The molecular formula is C14H17N3O2. The number of rotatable bonds is 4. The standard InChI is InChI=1S/C14H17N3O2/c1-5-10-8-12(16-9(2)15-10)11-6-7-13(18-3)17-14(11)19-4/h6-8H,5H2,1-4H3. The molecule has 5 nitrogen and oxygen atoms in total. The number of nitrogens with zero attached hydrogens (tertiary/aromatic N) is 3. The van der Waals surface area contributed by atoms with Gasteiger partial charge in [0.05, 0.1) is 25.5 Å². The first-order valence-electron chi connectivity index (χ1n) is 6.12. The summed E-state index contributed by atoms with van der Waals surface area (Å²) in [5.74, 6) is 1.76. The molecule has 2 aromatic heterocycles. The molecule has 0 spiro atoms. The third-order valence-corrected chi connectivity index (χ3v) is 2.77. The van der Waals surface area contributed by atoms with Gasteiger partial charge in [-0.2, -0.15) is 4.98 Å². The molecule has 0 bridgehead atoms. The summed E-state index contributed by atoms with van der Waals surface area (Å²) >= 11 is 0. The highest BCUT2D eigenvalue weighted by molar-refractivity contribution is 5.65. The molecule has 2 rings (SSSR count). The molecule has 0 fully saturated rings. The van der Waals surface area contributed by atoms with Crippen LogP contribution in [-0.2, 0) is 6.42 Å². The van der Waals surface area contributed by atoms with Gasteiger partial charge in [0.15, 0.2) is 0 Å². The average Bonchev–Trinajstić information content (AvgIpc) is 2.45. The van der Waals surface area contributed by atoms with Crippen molar-refractivity contribution >= 4 is 0 Å². The molecule has 0 aliphatic heterocycles. The molecule has 0 saturated heterocycles. The van der Waals surface area contributed by atoms with Crippen LogP contribution in [0.4, 0.5) is 0 Å². The molecule has 0 aliphatic carbocycles. The third kappa shape index (κ3) is 2.81. The molecule has 2 aromatic rings. The third-order valence-electron chi connectivity index (χ3n) is 2.77. The number of pyridine rings is 1. The summed E-state index contributed by atoms with van der Waals surface area (Å²) in [6.45, 7) is 3.95. The lowest BCUT2D eigenvalue weighted by Gasteiger charge is -2.10. The molecule has 0 atom stereocenters. The van der Waals surface area contributed by atoms with Crippen molar-refractivity contribution in [1.82, 2.24) is 15.0 Å². The Morgan fingerprint density at radius 1 is 1.05 bits per heavy atom. The first-order valence-corrected chi connectivity index (χ1v) is 6.12. The van der Waals surface area contributed by atoms with E-state index in [-0.39, 0.29) is 0 Å². The Kier molecular flexibility index (Phi) is 3.94. The topological polar surface area (TPSA) is 57.1 Å². The summed E-state index contributed by atoms with van der Waals surface area (Å²) in [6, 6.07) is 5.64. The summed E-state index contributed by atoms with van der Waals surface area (Å²) in [7, 11) is 3.16. The van der Waals surface area contributed by atoms with Crippen LogP contribution in [0.15, 0.2) is 18.2 Å². The van der Waals surface area contributed by atoms with Gasteiger partial charge in [0, 0.05) is 11.8 Å². The Labute approximate surface area is 112 Å². The van der Waals surface area contributed by atoms with Crippen LogP contribution in [0, 0.1) is 6.92 Å². The first kappa shape index (κ1) is 13.3. The van der Waals surface area contributed by atoms with Crippen LogP contribution in [0.1, 0.15) is 18.4 Å². The molecule has 0 aliphatic rings. The number of aromatic nitrogens is 3. The number of ether oxygens (including phenoxy) is 2. The van der Waals surface area contributed by atoms with Crippen molar-refractivity contribution in [1.29, 1.82) is 0 Å². The SMILES string of the molecule is CCc1cc(-c2ccc(OC)nc2OC)nc(C)n1. The minimum atomic E-state index is 0.500. The number of hydrogen-bond acceptors (Lipinski definition) is 5. The van der Waals surface area contributed by atoms with E-state index in [1.807, 2.05) is 19.1 Å². The fourth-order valence-corrected chi connectivity index (χ4v) is 1.84. The van der Waals surface area contributed by atoms with Gasteiger partial charge < -0.3 is 9.47 Å². The van der Waals surface area contributed by atoms with Gasteiger partial charge in [-0.05, 0) is 25.5 Å². The predicted molar refractivity (Wildman–Crippen MR) is 72.5 cm³/mol. The number of aryl methyl sites for hydroxylation is 2. The molecule has 100 valence electrons. The highest BCUT2D eigenvalue weighted by Crippen LogP contribution is 2.29. The second kappa shape index (κ2) is 5.65. The Balaban J connectivity index is 2.54. The minimum Gasteiger partial charge on any atom is -0.481 e. The molecule has 5 heteroatoms. The van der Waals surface area contributed by atoms with Crippen molar-refractivity contribution in [2.45, 2.75) is 20.3 Å². The van der Waals surface area contributed by atoms with Crippen LogP contribution in [0.25, 0.3) is 11.3 Å². The smallest absolute Gasteiger partial charge is 0.225 e. The minimum absolute atomic E-state index is 0.500. The van der Waals surface area contributed by atoms with Crippen molar-refractivity contribution in [2.24, 2.45) is 0 Å². The molecule has 0 aromatic carbocycles. The van der Waals surface area contributed by atoms with Crippen molar-refractivity contribution in [3.63, 3.8) is 0 Å². The molecule has 0 saturated carbocycles. The maximum atomic E-state index is 5.30. The van der Waals surface area contributed by atoms with Gasteiger partial charge in [-0.1, -0.05) is 6.92 Å². The number of hydrogen-bond donors (Lipinski definition) is 0. The molecule has 0 unspecified atom stereocenters. The molecule has 0 amide bonds. The van der Waals surface area contributed by atoms with Crippen LogP contribution in [-0.4, -0.2) is 29.2 Å². The van der Waals surface area contributed by atoms with Crippen molar-refractivity contribution in [2.75, 3.05) is 14.2 Å². The van der Waals surface area contributed by atoms with E-state index in [0.29, 0.717) is 11.8 Å². The summed E-state index contributed by atoms with van der Waals surface area (Å²) in [6.07, 6.45) is 0.863. The molecule has 0 N–H and O–H groups in total. The Morgan fingerprint density at radius 3 is 2.47 bits per heavy atom. The Bertz CT molecular complexity index is 585. The maximum Gasteiger partial charge on any atom is 0.225 e. The lowest BCUT2D eigenvalue weighted by molar-refractivity contribution is 0.366. The van der Waals surface area contributed by atoms with Crippen LogP contribution in [0.5, 0.6) is 11.8 Å². The van der Waals surface area contributed by atoms with E-state index in [0.717, 1.165) is 29.2 Å². The van der Waals surface area contributed by atoms with Crippen LogP contribution in [0.3, 0.4) is 0 Å². The quantitative estimate of drug-likeness (QED) is 0.844. The average molecular weight is 259 g/mol. The van der Waals surface area contributed by atoms with E-state index >= 15 is 0 Å². The van der Waals surface area contributed by atoms with Gasteiger partial charge in [0.1, 0.15) is 5.82 Å². The highest BCUT2D eigenvalue weighted by Gasteiger charge is 2.12. The van der Waals surface area contributed by atoms with E-state index in [1.54, 1.807) is 20.3 Å².